The Morgan fingerprint density at radius 3 is 1.96 bits per heavy atom. The summed E-state index contributed by atoms with van der Waals surface area (Å²) in [6, 6.07) is 2.07. The van der Waals surface area contributed by atoms with Gasteiger partial charge >= 0.3 is 0 Å². The van der Waals surface area contributed by atoms with Crippen LogP contribution in [-0.2, 0) is 4.79 Å². The zero-order valence-electron chi connectivity index (χ0n) is 13.3. The van der Waals surface area contributed by atoms with E-state index in [0.29, 0.717) is 4.90 Å². The van der Waals surface area contributed by atoms with Gasteiger partial charge in [0, 0.05) is 0 Å². The van der Waals surface area contributed by atoms with Crippen molar-refractivity contribution in [2.75, 3.05) is 6.54 Å². The summed E-state index contributed by atoms with van der Waals surface area (Å²) in [4.78, 5) is 38.2. The molecule has 0 bridgehead atoms. The fraction of sp³-hybridized carbons (Fsp3) is 0.375. The summed E-state index contributed by atoms with van der Waals surface area (Å²) in [5.74, 6) is -2.17. The maximum Gasteiger partial charge on any atom is 0.263 e. The lowest BCUT2D eigenvalue weighted by atomic mass is 9.98. The molecule has 1 aliphatic heterocycles. The van der Waals surface area contributed by atoms with Crippen LogP contribution in [0.3, 0.4) is 0 Å². The number of nitriles is 1. The SMILES string of the molecule is CC(C#N)(NC(=O)CN1C(=O)c2c(Cl)c(Cl)c(Cl)c(Cl)c2C1=O)C1CC1. The molecule has 0 saturated heterocycles. The first-order valence-corrected chi connectivity index (χ1v) is 9.08. The number of imide groups is 1. The number of nitrogens with one attached hydrogen (secondary N) is 1. The molecule has 0 radical (unpaired) electrons. The Morgan fingerprint density at radius 1 is 1.12 bits per heavy atom. The van der Waals surface area contributed by atoms with E-state index in [1.165, 1.54) is 0 Å². The first-order valence-electron chi connectivity index (χ1n) is 7.56. The third-order valence-corrected chi connectivity index (χ3v) is 6.31. The van der Waals surface area contributed by atoms with Crippen LogP contribution in [0.25, 0.3) is 0 Å². The van der Waals surface area contributed by atoms with Crippen molar-refractivity contribution < 1.29 is 14.4 Å². The third-order valence-electron chi connectivity index (χ3n) is 4.51. The second kappa shape index (κ2) is 6.58. The highest BCUT2D eigenvalue weighted by Gasteiger charge is 2.45. The number of nitrogens with zero attached hydrogens (tertiary/aromatic N) is 2. The van der Waals surface area contributed by atoms with Crippen molar-refractivity contribution in [2.45, 2.75) is 25.3 Å². The number of hydrogen-bond acceptors (Lipinski definition) is 4. The summed E-state index contributed by atoms with van der Waals surface area (Å²) in [6.45, 7) is 1.04. The van der Waals surface area contributed by atoms with Crippen LogP contribution in [0.4, 0.5) is 0 Å². The van der Waals surface area contributed by atoms with Crippen LogP contribution in [0.15, 0.2) is 0 Å². The number of rotatable bonds is 4. The van der Waals surface area contributed by atoms with Crippen molar-refractivity contribution in [2.24, 2.45) is 5.92 Å². The molecular weight excluding hydrogens is 424 g/mol. The van der Waals surface area contributed by atoms with E-state index in [1.54, 1.807) is 6.92 Å². The first-order chi connectivity index (χ1) is 12.1. The summed E-state index contributed by atoms with van der Waals surface area (Å²) >= 11 is 23.9. The molecule has 1 aromatic carbocycles. The van der Waals surface area contributed by atoms with Crippen LogP contribution in [0.2, 0.25) is 20.1 Å². The van der Waals surface area contributed by atoms with E-state index in [9.17, 15) is 19.6 Å². The van der Waals surface area contributed by atoms with Gasteiger partial charge in [0.1, 0.15) is 12.1 Å². The predicted octanol–water partition coefficient (Wildman–Crippen LogP) is 3.70. The molecule has 136 valence electrons. The van der Waals surface area contributed by atoms with Gasteiger partial charge in [-0.05, 0) is 25.7 Å². The van der Waals surface area contributed by atoms with Gasteiger partial charge < -0.3 is 5.32 Å². The van der Waals surface area contributed by atoms with Crippen LogP contribution >= 0.6 is 46.4 Å². The summed E-state index contributed by atoms with van der Waals surface area (Å²) in [6.07, 6.45) is 1.67. The summed E-state index contributed by atoms with van der Waals surface area (Å²) < 4.78 is 0. The fourth-order valence-corrected chi connectivity index (χ4v) is 3.91. The Bertz CT molecular complexity index is 860. The molecule has 2 aliphatic rings. The molecule has 1 aliphatic carbocycles. The second-order valence-corrected chi connectivity index (χ2v) is 7.85. The number of carbonyl (C=O) groups excluding carboxylic acids is 3. The highest BCUT2D eigenvalue weighted by atomic mass is 35.5. The van der Waals surface area contributed by atoms with E-state index >= 15 is 0 Å². The maximum atomic E-state index is 12.6. The monoisotopic (exact) mass is 433 g/mol. The van der Waals surface area contributed by atoms with E-state index in [4.69, 9.17) is 46.4 Å². The predicted molar refractivity (Wildman–Crippen MR) is 96.7 cm³/mol. The number of hydrogen-bond donors (Lipinski definition) is 1. The molecule has 1 unspecified atom stereocenters. The zero-order chi connectivity index (χ0) is 19.4. The van der Waals surface area contributed by atoms with E-state index in [-0.39, 0.29) is 37.1 Å². The minimum absolute atomic E-state index is 0.0557. The van der Waals surface area contributed by atoms with Gasteiger partial charge in [0.05, 0.1) is 37.3 Å². The highest BCUT2D eigenvalue weighted by molar-refractivity contribution is 6.55. The number of carbonyl (C=O) groups is 3. The van der Waals surface area contributed by atoms with Crippen molar-refractivity contribution >= 4 is 64.1 Å². The summed E-state index contributed by atoms with van der Waals surface area (Å²) in [7, 11) is 0. The molecule has 6 nitrogen and oxygen atoms in total. The molecule has 10 heteroatoms. The molecule has 1 fully saturated rings. The Kier molecular flexibility index (Phi) is 4.87. The lowest BCUT2D eigenvalue weighted by Crippen LogP contribution is -2.51. The number of fused-ring (bicyclic) bond motifs is 1. The van der Waals surface area contributed by atoms with Crippen molar-refractivity contribution in [3.05, 3.63) is 31.2 Å². The van der Waals surface area contributed by atoms with Crippen LogP contribution in [-0.4, -0.2) is 34.7 Å². The second-order valence-electron chi connectivity index (χ2n) is 6.34. The molecule has 0 aromatic heterocycles. The maximum absolute atomic E-state index is 12.6. The number of benzene rings is 1. The summed E-state index contributed by atoms with van der Waals surface area (Å²) in [5.41, 5.74) is -1.42. The van der Waals surface area contributed by atoms with Crippen LogP contribution < -0.4 is 5.32 Å². The topological polar surface area (TPSA) is 90.3 Å². The first kappa shape index (κ1) is 19.2. The lowest BCUT2D eigenvalue weighted by molar-refractivity contribution is -0.122. The van der Waals surface area contributed by atoms with Gasteiger partial charge in [-0.25, -0.2) is 0 Å². The van der Waals surface area contributed by atoms with Gasteiger partial charge in [-0.15, -0.1) is 0 Å². The molecule has 0 spiro atoms. The van der Waals surface area contributed by atoms with E-state index in [2.05, 4.69) is 11.4 Å². The molecule has 1 saturated carbocycles. The number of halogens is 4. The Hall–Kier alpha value is -1.52. The molecule has 1 atom stereocenters. The van der Waals surface area contributed by atoms with Gasteiger partial charge in [-0.3, -0.25) is 19.3 Å². The normalized spacial score (nSPS) is 18.4. The van der Waals surface area contributed by atoms with Gasteiger partial charge in [-0.2, -0.15) is 5.26 Å². The largest absolute Gasteiger partial charge is 0.336 e. The Balaban J connectivity index is 1.87. The van der Waals surface area contributed by atoms with Crippen LogP contribution in [0.5, 0.6) is 0 Å². The minimum Gasteiger partial charge on any atom is -0.336 e. The van der Waals surface area contributed by atoms with Crippen molar-refractivity contribution in [1.29, 1.82) is 5.26 Å². The standard InChI is InChI=1S/C16H11Cl4N3O3/c1-16(5-21,6-2-3-6)22-7(24)4-23-14(25)8-9(15(23)26)11(18)13(20)12(19)10(8)17/h6H,2-4H2,1H3,(H,22,24). The zero-order valence-corrected chi connectivity index (χ0v) is 16.4. The fourth-order valence-electron chi connectivity index (χ4n) is 2.89. The van der Waals surface area contributed by atoms with E-state index < -0.39 is 29.8 Å². The van der Waals surface area contributed by atoms with Crippen LogP contribution in [0.1, 0.15) is 40.5 Å². The summed E-state index contributed by atoms with van der Waals surface area (Å²) in [5, 5.41) is 11.2. The molecular formula is C16H11Cl4N3O3. The van der Waals surface area contributed by atoms with E-state index in [1.807, 2.05) is 0 Å². The molecule has 3 rings (SSSR count). The third kappa shape index (κ3) is 2.93. The van der Waals surface area contributed by atoms with Gasteiger partial charge in [-0.1, -0.05) is 46.4 Å². The Labute approximate surface area is 168 Å². The average molecular weight is 435 g/mol. The van der Waals surface area contributed by atoms with Gasteiger partial charge in [0.15, 0.2) is 0 Å². The van der Waals surface area contributed by atoms with Crippen molar-refractivity contribution in [3.63, 3.8) is 0 Å². The van der Waals surface area contributed by atoms with Crippen molar-refractivity contribution in [1.82, 2.24) is 10.2 Å². The molecule has 1 N–H and O–H groups in total. The molecule has 3 amide bonds. The van der Waals surface area contributed by atoms with Crippen molar-refractivity contribution in [3.8, 4) is 6.07 Å². The molecule has 1 heterocycles. The molecule has 26 heavy (non-hydrogen) atoms. The lowest BCUT2D eigenvalue weighted by Gasteiger charge is -2.24. The van der Waals surface area contributed by atoms with Gasteiger partial charge in [0.2, 0.25) is 5.91 Å². The van der Waals surface area contributed by atoms with Gasteiger partial charge in [0.25, 0.3) is 11.8 Å². The minimum atomic E-state index is -1.04. The highest BCUT2D eigenvalue weighted by Crippen LogP contribution is 2.45. The average Bonchev–Trinajstić information content (AvgIpc) is 3.42. The Morgan fingerprint density at radius 2 is 1.58 bits per heavy atom. The smallest absolute Gasteiger partial charge is 0.263 e. The van der Waals surface area contributed by atoms with E-state index in [0.717, 1.165) is 12.8 Å². The quantitative estimate of drug-likeness (QED) is 0.444. The molecule has 1 aromatic rings. The number of amides is 3. The van der Waals surface area contributed by atoms with Crippen LogP contribution in [0, 0.1) is 17.2 Å².